The second-order valence-electron chi connectivity index (χ2n) is 3.11. The van der Waals surface area contributed by atoms with E-state index in [1.54, 1.807) is 0 Å². The first-order valence-corrected chi connectivity index (χ1v) is 4.61. The highest BCUT2D eigenvalue weighted by Gasteiger charge is 2.06. The van der Waals surface area contributed by atoms with Crippen LogP contribution in [0.15, 0.2) is 23.1 Å². The van der Waals surface area contributed by atoms with Crippen LogP contribution in [0.3, 0.4) is 0 Å². The number of nitro groups is 1. The highest BCUT2D eigenvalue weighted by Crippen LogP contribution is 2.06. The third kappa shape index (κ3) is 3.17. The van der Waals surface area contributed by atoms with E-state index in [-0.39, 0.29) is 17.9 Å². The fraction of sp³-hybridized carbons (Fsp3) is 0.444. The van der Waals surface area contributed by atoms with Crippen molar-refractivity contribution in [2.45, 2.75) is 19.4 Å². The van der Waals surface area contributed by atoms with Gasteiger partial charge in [0, 0.05) is 25.3 Å². The first kappa shape index (κ1) is 11.4. The molecule has 1 aromatic heterocycles. The molecule has 0 unspecified atom stereocenters. The van der Waals surface area contributed by atoms with E-state index in [2.05, 4.69) is 0 Å². The third-order valence-corrected chi connectivity index (χ3v) is 1.99. The van der Waals surface area contributed by atoms with E-state index < -0.39 is 4.92 Å². The van der Waals surface area contributed by atoms with Crippen molar-refractivity contribution < 1.29 is 10.0 Å². The Morgan fingerprint density at radius 3 is 2.73 bits per heavy atom. The smallest absolute Gasteiger partial charge is 0.285 e. The molecule has 0 aliphatic carbocycles. The molecule has 0 fully saturated rings. The van der Waals surface area contributed by atoms with E-state index in [4.69, 9.17) is 5.11 Å². The zero-order chi connectivity index (χ0) is 11.3. The standard InChI is InChI=1S/C9H12N2O4/c12-6-2-1-5-10-7-8(11(14)15)3-4-9(10)13/h3-4,7,12H,1-2,5-6H2. The predicted molar refractivity (Wildman–Crippen MR) is 53.7 cm³/mol. The minimum absolute atomic E-state index is 0.0592. The summed E-state index contributed by atoms with van der Waals surface area (Å²) in [5.41, 5.74) is -0.364. The molecule has 0 aromatic carbocycles. The fourth-order valence-corrected chi connectivity index (χ4v) is 1.20. The molecule has 0 radical (unpaired) electrons. The molecule has 6 nitrogen and oxygen atoms in total. The molecule has 15 heavy (non-hydrogen) atoms. The number of hydrogen-bond donors (Lipinski definition) is 1. The van der Waals surface area contributed by atoms with Crippen LogP contribution in [0.25, 0.3) is 0 Å². The van der Waals surface area contributed by atoms with Gasteiger partial charge in [-0.25, -0.2) is 0 Å². The molecule has 82 valence electrons. The van der Waals surface area contributed by atoms with Crippen LogP contribution >= 0.6 is 0 Å². The number of aliphatic hydroxyl groups excluding tert-OH is 1. The summed E-state index contributed by atoms with van der Waals surface area (Å²) in [7, 11) is 0. The molecule has 0 aliphatic heterocycles. The van der Waals surface area contributed by atoms with Gasteiger partial charge in [-0.3, -0.25) is 14.9 Å². The highest BCUT2D eigenvalue weighted by atomic mass is 16.6. The molecule has 6 heteroatoms. The molecular weight excluding hydrogens is 200 g/mol. The van der Waals surface area contributed by atoms with Crippen LogP contribution in [0.4, 0.5) is 5.69 Å². The summed E-state index contributed by atoms with van der Waals surface area (Å²) in [6.07, 6.45) is 2.42. The van der Waals surface area contributed by atoms with Gasteiger partial charge in [0.1, 0.15) is 0 Å². The van der Waals surface area contributed by atoms with E-state index in [0.717, 1.165) is 0 Å². The van der Waals surface area contributed by atoms with Crippen molar-refractivity contribution in [1.29, 1.82) is 0 Å². The van der Waals surface area contributed by atoms with Crippen LogP contribution in [0.2, 0.25) is 0 Å². The van der Waals surface area contributed by atoms with Gasteiger partial charge in [0.15, 0.2) is 0 Å². The van der Waals surface area contributed by atoms with Gasteiger partial charge in [-0.1, -0.05) is 0 Å². The Balaban J connectivity index is 2.81. The maximum absolute atomic E-state index is 11.3. The molecule has 1 rings (SSSR count). The molecule has 0 saturated carbocycles. The Bertz CT molecular complexity index is 399. The van der Waals surface area contributed by atoms with Crippen molar-refractivity contribution in [1.82, 2.24) is 4.57 Å². The van der Waals surface area contributed by atoms with E-state index in [1.807, 2.05) is 0 Å². The van der Waals surface area contributed by atoms with Gasteiger partial charge in [0.05, 0.1) is 11.1 Å². The van der Waals surface area contributed by atoms with Gasteiger partial charge in [0.25, 0.3) is 11.2 Å². The van der Waals surface area contributed by atoms with Gasteiger partial charge in [-0.2, -0.15) is 0 Å². The molecule has 0 bridgehead atoms. The lowest BCUT2D eigenvalue weighted by atomic mass is 10.3. The number of hydrogen-bond acceptors (Lipinski definition) is 4. The second kappa shape index (κ2) is 5.26. The van der Waals surface area contributed by atoms with E-state index in [9.17, 15) is 14.9 Å². The van der Waals surface area contributed by atoms with Gasteiger partial charge in [-0.15, -0.1) is 0 Å². The van der Waals surface area contributed by atoms with Crippen LogP contribution < -0.4 is 5.56 Å². The van der Waals surface area contributed by atoms with Gasteiger partial charge in [-0.05, 0) is 12.8 Å². The average molecular weight is 212 g/mol. The lowest BCUT2D eigenvalue weighted by molar-refractivity contribution is -0.385. The zero-order valence-electron chi connectivity index (χ0n) is 8.13. The normalized spacial score (nSPS) is 10.2. The molecule has 0 spiro atoms. The second-order valence-corrected chi connectivity index (χ2v) is 3.11. The van der Waals surface area contributed by atoms with Crippen molar-refractivity contribution in [3.8, 4) is 0 Å². The number of unbranched alkanes of at least 4 members (excludes halogenated alkanes) is 1. The monoisotopic (exact) mass is 212 g/mol. The summed E-state index contributed by atoms with van der Waals surface area (Å²) in [4.78, 5) is 21.2. The Morgan fingerprint density at radius 1 is 1.40 bits per heavy atom. The summed E-state index contributed by atoms with van der Waals surface area (Å²) < 4.78 is 1.29. The Hall–Kier alpha value is -1.69. The lowest BCUT2D eigenvalue weighted by Gasteiger charge is -2.03. The summed E-state index contributed by atoms with van der Waals surface area (Å²) >= 11 is 0. The maximum Gasteiger partial charge on any atom is 0.285 e. The van der Waals surface area contributed by atoms with Crippen LogP contribution in [-0.4, -0.2) is 21.2 Å². The summed E-state index contributed by atoms with van der Waals surface area (Å²) in [6, 6.07) is 2.36. The minimum atomic E-state index is -0.540. The van der Waals surface area contributed by atoms with Crippen LogP contribution in [0.5, 0.6) is 0 Å². The number of nitrogens with zero attached hydrogens (tertiary/aromatic N) is 2. The SMILES string of the molecule is O=c1ccc([N+](=O)[O-])cn1CCCCO. The van der Waals surface area contributed by atoms with Crippen molar-refractivity contribution in [2.24, 2.45) is 0 Å². The van der Waals surface area contributed by atoms with Crippen molar-refractivity contribution in [3.05, 3.63) is 38.8 Å². The van der Waals surface area contributed by atoms with Gasteiger partial charge < -0.3 is 9.67 Å². The summed E-state index contributed by atoms with van der Waals surface area (Å²) in [5.74, 6) is 0. The molecule has 1 aromatic rings. The van der Waals surface area contributed by atoms with E-state index in [0.29, 0.717) is 19.4 Å². The maximum atomic E-state index is 11.3. The largest absolute Gasteiger partial charge is 0.396 e. The lowest BCUT2D eigenvalue weighted by Crippen LogP contribution is -2.18. The number of aromatic nitrogens is 1. The Morgan fingerprint density at radius 2 is 2.13 bits per heavy atom. The molecule has 0 atom stereocenters. The number of rotatable bonds is 5. The third-order valence-electron chi connectivity index (χ3n) is 1.99. The van der Waals surface area contributed by atoms with E-state index >= 15 is 0 Å². The summed E-state index contributed by atoms with van der Waals surface area (Å²) in [6.45, 7) is 0.449. The summed E-state index contributed by atoms with van der Waals surface area (Å²) in [5, 5.41) is 19.0. The molecule has 0 aliphatic rings. The predicted octanol–water partition coefficient (Wildman–Crippen LogP) is 0.529. The topological polar surface area (TPSA) is 85.4 Å². The highest BCUT2D eigenvalue weighted by molar-refractivity contribution is 5.24. The fourth-order valence-electron chi connectivity index (χ4n) is 1.20. The van der Waals surface area contributed by atoms with Gasteiger partial charge in [0.2, 0.25) is 0 Å². The molecule has 0 saturated heterocycles. The Kier molecular flexibility index (Phi) is 3.99. The molecular formula is C9H12N2O4. The van der Waals surface area contributed by atoms with Crippen LogP contribution in [-0.2, 0) is 6.54 Å². The molecule has 0 amide bonds. The van der Waals surface area contributed by atoms with Crippen LogP contribution in [0, 0.1) is 10.1 Å². The van der Waals surface area contributed by atoms with Crippen LogP contribution in [0.1, 0.15) is 12.8 Å². The number of aryl methyl sites for hydroxylation is 1. The first-order chi connectivity index (χ1) is 7.15. The van der Waals surface area contributed by atoms with E-state index in [1.165, 1.54) is 22.9 Å². The van der Waals surface area contributed by atoms with Crippen molar-refractivity contribution in [2.75, 3.05) is 6.61 Å². The van der Waals surface area contributed by atoms with Crippen molar-refractivity contribution >= 4 is 5.69 Å². The van der Waals surface area contributed by atoms with Gasteiger partial charge >= 0.3 is 0 Å². The van der Waals surface area contributed by atoms with Crippen molar-refractivity contribution in [3.63, 3.8) is 0 Å². The molecule has 1 heterocycles. The Labute approximate surface area is 85.9 Å². The minimum Gasteiger partial charge on any atom is -0.396 e. The average Bonchev–Trinajstić information content (AvgIpc) is 2.20. The first-order valence-electron chi connectivity index (χ1n) is 4.61. The zero-order valence-corrected chi connectivity index (χ0v) is 8.13. The molecule has 1 N–H and O–H groups in total. The number of pyridine rings is 1. The number of aliphatic hydroxyl groups is 1. The quantitative estimate of drug-likeness (QED) is 0.438.